The van der Waals surface area contributed by atoms with Gasteiger partial charge < -0.3 is 10.1 Å². The van der Waals surface area contributed by atoms with Gasteiger partial charge in [0, 0.05) is 0 Å². The van der Waals surface area contributed by atoms with E-state index < -0.39 is 5.97 Å². The second kappa shape index (κ2) is 8.13. The van der Waals surface area contributed by atoms with E-state index in [1.807, 2.05) is 37.3 Å². The van der Waals surface area contributed by atoms with Crippen LogP contribution in [0.4, 0.5) is 0 Å². The topological polar surface area (TPSA) is 55.4 Å². The van der Waals surface area contributed by atoms with E-state index in [1.54, 1.807) is 24.3 Å². The average Bonchev–Trinajstić information content (AvgIpc) is 2.60. The van der Waals surface area contributed by atoms with Crippen LogP contribution in [-0.2, 0) is 16.0 Å². The van der Waals surface area contributed by atoms with Crippen molar-refractivity contribution in [2.24, 2.45) is 0 Å². The Labute approximate surface area is 136 Å². The third kappa shape index (κ3) is 4.95. The van der Waals surface area contributed by atoms with Gasteiger partial charge in [-0.05, 0) is 36.6 Å². The quantitative estimate of drug-likeness (QED) is 0.833. The Morgan fingerprint density at radius 3 is 2.30 bits per heavy atom. The number of carbonyl (C=O) groups excluding carboxylic acids is 2. The first-order chi connectivity index (χ1) is 11.1. The highest BCUT2D eigenvalue weighted by Crippen LogP contribution is 2.13. The van der Waals surface area contributed by atoms with Crippen LogP contribution in [-0.4, -0.2) is 18.5 Å². The van der Waals surface area contributed by atoms with Crippen molar-refractivity contribution in [1.82, 2.24) is 5.32 Å². The molecule has 120 valence electrons. The summed E-state index contributed by atoms with van der Waals surface area (Å²) in [5.41, 5.74) is 2.71. The van der Waals surface area contributed by atoms with Crippen molar-refractivity contribution in [3.05, 3.63) is 71.3 Å². The van der Waals surface area contributed by atoms with Gasteiger partial charge >= 0.3 is 5.97 Å². The molecule has 2 rings (SSSR count). The zero-order chi connectivity index (χ0) is 16.7. The fourth-order valence-corrected chi connectivity index (χ4v) is 2.20. The maximum atomic E-state index is 11.9. The summed E-state index contributed by atoms with van der Waals surface area (Å²) < 4.78 is 5.01. The van der Waals surface area contributed by atoms with Gasteiger partial charge in [0.25, 0.3) is 5.91 Å². The van der Waals surface area contributed by atoms with Gasteiger partial charge in [0.2, 0.25) is 0 Å². The van der Waals surface area contributed by atoms with Crippen molar-refractivity contribution in [3.63, 3.8) is 0 Å². The molecule has 2 aromatic rings. The van der Waals surface area contributed by atoms with Crippen molar-refractivity contribution < 1.29 is 14.3 Å². The first-order valence-electron chi connectivity index (χ1n) is 7.70. The summed E-state index contributed by atoms with van der Waals surface area (Å²) in [5.74, 6) is -0.818. The van der Waals surface area contributed by atoms with E-state index in [0.29, 0.717) is 5.56 Å². The molecule has 1 N–H and O–H groups in total. The summed E-state index contributed by atoms with van der Waals surface area (Å²) in [7, 11) is 0. The molecule has 0 saturated carbocycles. The maximum Gasteiger partial charge on any atom is 0.338 e. The first kappa shape index (κ1) is 16.7. The maximum absolute atomic E-state index is 11.9. The summed E-state index contributed by atoms with van der Waals surface area (Å²) in [6, 6.07) is 16.6. The molecule has 0 bridgehead atoms. The highest BCUT2D eigenvalue weighted by Gasteiger charge is 2.12. The van der Waals surface area contributed by atoms with Crippen LogP contribution in [0.2, 0.25) is 0 Å². The highest BCUT2D eigenvalue weighted by molar-refractivity contribution is 5.91. The van der Waals surface area contributed by atoms with Crippen molar-refractivity contribution in [3.8, 4) is 0 Å². The Bertz CT molecular complexity index is 650. The molecule has 1 amide bonds. The number of amides is 1. The van der Waals surface area contributed by atoms with Crippen LogP contribution in [0.5, 0.6) is 0 Å². The van der Waals surface area contributed by atoms with Crippen molar-refractivity contribution in [2.75, 3.05) is 6.61 Å². The Hall–Kier alpha value is -2.62. The zero-order valence-corrected chi connectivity index (χ0v) is 13.4. The smallest absolute Gasteiger partial charge is 0.338 e. The lowest BCUT2D eigenvalue weighted by atomic mass is 10.1. The number of esters is 1. The third-order valence-corrected chi connectivity index (χ3v) is 3.61. The van der Waals surface area contributed by atoms with Crippen LogP contribution in [0.1, 0.15) is 41.4 Å². The second-order valence-electron chi connectivity index (χ2n) is 5.33. The normalized spacial score (nSPS) is 11.6. The van der Waals surface area contributed by atoms with Crippen LogP contribution in [0.15, 0.2) is 54.6 Å². The summed E-state index contributed by atoms with van der Waals surface area (Å²) in [4.78, 5) is 23.7. The molecule has 0 heterocycles. The van der Waals surface area contributed by atoms with Gasteiger partial charge in [0.1, 0.15) is 0 Å². The van der Waals surface area contributed by atoms with Crippen LogP contribution >= 0.6 is 0 Å². The second-order valence-corrected chi connectivity index (χ2v) is 5.33. The molecule has 2 aromatic carbocycles. The predicted molar refractivity (Wildman–Crippen MR) is 89.1 cm³/mol. The van der Waals surface area contributed by atoms with E-state index in [4.69, 9.17) is 4.74 Å². The van der Waals surface area contributed by atoms with E-state index in [1.165, 1.54) is 5.56 Å². The zero-order valence-electron chi connectivity index (χ0n) is 13.4. The van der Waals surface area contributed by atoms with Crippen LogP contribution in [0.25, 0.3) is 0 Å². The lowest BCUT2D eigenvalue weighted by Crippen LogP contribution is -2.31. The Kier molecular flexibility index (Phi) is 5.92. The van der Waals surface area contributed by atoms with Crippen LogP contribution in [0, 0.1) is 0 Å². The standard InChI is InChI=1S/C19H21NO3/c1-3-15-9-11-16(12-10-15)14(2)20-18(21)13-23-19(22)17-7-5-4-6-8-17/h4-12,14H,3,13H2,1-2H3,(H,20,21)/t14-/m0/s1. The van der Waals surface area contributed by atoms with Gasteiger partial charge in [-0.15, -0.1) is 0 Å². The van der Waals surface area contributed by atoms with E-state index in [2.05, 4.69) is 12.2 Å². The van der Waals surface area contributed by atoms with Gasteiger partial charge in [-0.2, -0.15) is 0 Å². The van der Waals surface area contributed by atoms with Gasteiger partial charge in [-0.1, -0.05) is 49.4 Å². The molecule has 0 saturated heterocycles. The van der Waals surface area contributed by atoms with Gasteiger partial charge in [0.15, 0.2) is 6.61 Å². The fourth-order valence-electron chi connectivity index (χ4n) is 2.20. The number of benzene rings is 2. The summed E-state index contributed by atoms with van der Waals surface area (Å²) in [6.07, 6.45) is 0.983. The summed E-state index contributed by atoms with van der Waals surface area (Å²) >= 11 is 0. The molecule has 1 atom stereocenters. The molecule has 0 aliphatic heterocycles. The van der Waals surface area contributed by atoms with Crippen LogP contribution < -0.4 is 5.32 Å². The van der Waals surface area contributed by atoms with E-state index in [-0.39, 0.29) is 18.6 Å². The molecule has 0 aromatic heterocycles. The molecule has 4 nitrogen and oxygen atoms in total. The third-order valence-electron chi connectivity index (χ3n) is 3.61. The molecule has 0 aliphatic carbocycles. The van der Waals surface area contributed by atoms with Crippen molar-refractivity contribution >= 4 is 11.9 Å². The minimum Gasteiger partial charge on any atom is -0.452 e. The molecular formula is C19H21NO3. The minimum atomic E-state index is -0.499. The number of rotatable bonds is 6. The molecule has 0 unspecified atom stereocenters. The van der Waals surface area contributed by atoms with Crippen molar-refractivity contribution in [2.45, 2.75) is 26.3 Å². The SMILES string of the molecule is CCc1ccc([C@H](C)NC(=O)COC(=O)c2ccccc2)cc1. The highest BCUT2D eigenvalue weighted by atomic mass is 16.5. The Morgan fingerprint density at radius 1 is 1.04 bits per heavy atom. The largest absolute Gasteiger partial charge is 0.452 e. The van der Waals surface area contributed by atoms with Gasteiger partial charge in [0.05, 0.1) is 11.6 Å². The Morgan fingerprint density at radius 2 is 1.70 bits per heavy atom. The van der Waals surface area contributed by atoms with E-state index in [9.17, 15) is 9.59 Å². The van der Waals surface area contributed by atoms with Gasteiger partial charge in [-0.3, -0.25) is 4.79 Å². The minimum absolute atomic E-state index is 0.135. The first-order valence-corrected chi connectivity index (χ1v) is 7.70. The fraction of sp³-hybridized carbons (Fsp3) is 0.263. The van der Waals surface area contributed by atoms with E-state index >= 15 is 0 Å². The number of aryl methyl sites for hydroxylation is 1. The number of hydrogen-bond acceptors (Lipinski definition) is 3. The van der Waals surface area contributed by atoms with E-state index in [0.717, 1.165) is 12.0 Å². The summed E-state index contributed by atoms with van der Waals surface area (Å²) in [6.45, 7) is 3.71. The molecule has 0 radical (unpaired) electrons. The summed E-state index contributed by atoms with van der Waals surface area (Å²) in [5, 5.41) is 2.82. The molecule has 4 heteroatoms. The van der Waals surface area contributed by atoms with Gasteiger partial charge in [-0.25, -0.2) is 4.79 Å². The molecular weight excluding hydrogens is 290 g/mol. The number of nitrogens with one attached hydrogen (secondary N) is 1. The molecule has 0 aliphatic rings. The molecule has 0 fully saturated rings. The predicted octanol–water partition coefficient (Wildman–Crippen LogP) is 3.28. The van der Waals surface area contributed by atoms with Crippen LogP contribution in [0.3, 0.4) is 0 Å². The lowest BCUT2D eigenvalue weighted by molar-refractivity contribution is -0.124. The number of hydrogen-bond donors (Lipinski definition) is 1. The van der Waals surface area contributed by atoms with Crippen molar-refractivity contribution in [1.29, 1.82) is 0 Å². The molecule has 0 spiro atoms. The molecule has 23 heavy (non-hydrogen) atoms. The number of ether oxygens (including phenoxy) is 1. The monoisotopic (exact) mass is 311 g/mol. The average molecular weight is 311 g/mol. The number of carbonyl (C=O) groups is 2. The Balaban J connectivity index is 1.83. The lowest BCUT2D eigenvalue weighted by Gasteiger charge is -2.15.